The lowest BCUT2D eigenvalue weighted by Gasteiger charge is -2.28. The largest absolute Gasteiger partial charge is 0.507 e. The number of aliphatic hydroxyl groups is 1. The van der Waals surface area contributed by atoms with Crippen molar-refractivity contribution in [2.45, 2.75) is 45.3 Å². The summed E-state index contributed by atoms with van der Waals surface area (Å²) >= 11 is 0. The summed E-state index contributed by atoms with van der Waals surface area (Å²) in [6.45, 7) is 5.03. The molecule has 30 heavy (non-hydrogen) atoms. The van der Waals surface area contributed by atoms with Crippen LogP contribution in [0.25, 0.3) is 5.76 Å². The number of aryl methyl sites for hydroxylation is 2. The highest BCUT2D eigenvalue weighted by molar-refractivity contribution is 6.46. The summed E-state index contributed by atoms with van der Waals surface area (Å²) in [6.07, 6.45) is 2.62. The van der Waals surface area contributed by atoms with E-state index >= 15 is 0 Å². The molecule has 5 heteroatoms. The molecule has 0 aliphatic carbocycles. The molecule has 2 fully saturated rings. The maximum Gasteiger partial charge on any atom is 0.295 e. The molecule has 4 rings (SSSR count). The van der Waals surface area contributed by atoms with E-state index in [0.29, 0.717) is 18.7 Å². The van der Waals surface area contributed by atoms with Crippen LogP contribution < -0.4 is 0 Å². The van der Waals surface area contributed by atoms with Gasteiger partial charge in [0.25, 0.3) is 11.7 Å². The lowest BCUT2D eigenvalue weighted by molar-refractivity contribution is -0.140. The molecule has 0 spiro atoms. The predicted molar refractivity (Wildman–Crippen MR) is 115 cm³/mol. The third-order valence-corrected chi connectivity index (χ3v) is 6.08. The fourth-order valence-electron chi connectivity index (χ4n) is 4.35. The average molecular weight is 405 g/mol. The number of rotatable bonds is 5. The van der Waals surface area contributed by atoms with Gasteiger partial charge in [-0.2, -0.15) is 0 Å². The Balaban J connectivity index is 1.82. The molecule has 0 bridgehead atoms. The Morgan fingerprint density at radius 1 is 1.13 bits per heavy atom. The van der Waals surface area contributed by atoms with E-state index in [2.05, 4.69) is 6.92 Å². The lowest BCUT2D eigenvalue weighted by atomic mass is 9.92. The molecule has 2 saturated heterocycles. The SMILES string of the molecule is CCc1ccc(/C(O)=C2/C(=O)C(=O)N(CC3CCCO3)C2c2ccccc2C)cc1. The van der Waals surface area contributed by atoms with Gasteiger partial charge < -0.3 is 14.7 Å². The van der Waals surface area contributed by atoms with Gasteiger partial charge in [0.05, 0.1) is 17.7 Å². The number of likely N-dealkylation sites (tertiary alicyclic amines) is 1. The molecule has 1 N–H and O–H groups in total. The minimum absolute atomic E-state index is 0.0846. The molecule has 0 aromatic heterocycles. The number of aliphatic hydroxyl groups excluding tert-OH is 1. The van der Waals surface area contributed by atoms with Crippen LogP contribution in [0.2, 0.25) is 0 Å². The van der Waals surface area contributed by atoms with E-state index in [9.17, 15) is 14.7 Å². The Kier molecular flexibility index (Phi) is 5.73. The minimum Gasteiger partial charge on any atom is -0.507 e. The van der Waals surface area contributed by atoms with Crippen LogP contribution in [-0.4, -0.2) is 41.0 Å². The first-order chi connectivity index (χ1) is 14.5. The number of Topliss-reactive ketones (excluding diaryl/α,β-unsaturated/α-hetero) is 1. The second kappa shape index (κ2) is 8.44. The van der Waals surface area contributed by atoms with Gasteiger partial charge in [-0.15, -0.1) is 0 Å². The van der Waals surface area contributed by atoms with Crippen molar-refractivity contribution in [3.05, 3.63) is 76.4 Å². The monoisotopic (exact) mass is 405 g/mol. The summed E-state index contributed by atoms with van der Waals surface area (Å²) in [5.41, 5.74) is 3.65. The second-order valence-corrected chi connectivity index (χ2v) is 7.99. The van der Waals surface area contributed by atoms with Crippen molar-refractivity contribution in [1.29, 1.82) is 0 Å². The zero-order valence-electron chi connectivity index (χ0n) is 17.4. The van der Waals surface area contributed by atoms with E-state index < -0.39 is 17.7 Å². The van der Waals surface area contributed by atoms with Crippen molar-refractivity contribution in [3.63, 3.8) is 0 Å². The van der Waals surface area contributed by atoms with Gasteiger partial charge in [-0.05, 0) is 42.9 Å². The van der Waals surface area contributed by atoms with Crippen molar-refractivity contribution in [2.24, 2.45) is 0 Å². The topological polar surface area (TPSA) is 66.8 Å². The summed E-state index contributed by atoms with van der Waals surface area (Å²) in [6, 6.07) is 14.5. The molecule has 2 aliphatic rings. The fourth-order valence-corrected chi connectivity index (χ4v) is 4.35. The first-order valence-corrected chi connectivity index (χ1v) is 10.6. The van der Waals surface area contributed by atoms with Gasteiger partial charge in [0.2, 0.25) is 0 Å². The molecule has 2 aliphatic heterocycles. The Bertz CT molecular complexity index is 986. The molecule has 2 unspecified atom stereocenters. The Morgan fingerprint density at radius 2 is 1.87 bits per heavy atom. The molecule has 2 heterocycles. The summed E-state index contributed by atoms with van der Waals surface area (Å²) in [5.74, 6) is -1.34. The molecule has 2 aromatic rings. The van der Waals surface area contributed by atoms with Crippen molar-refractivity contribution in [1.82, 2.24) is 4.90 Å². The highest BCUT2D eigenvalue weighted by atomic mass is 16.5. The number of ketones is 1. The molecular formula is C25H27NO4. The Labute approximate surface area is 177 Å². The number of ether oxygens (including phenoxy) is 1. The third-order valence-electron chi connectivity index (χ3n) is 6.08. The van der Waals surface area contributed by atoms with Gasteiger partial charge in [0, 0.05) is 18.7 Å². The molecule has 156 valence electrons. The normalized spacial score (nSPS) is 23.3. The molecule has 2 atom stereocenters. The highest BCUT2D eigenvalue weighted by Crippen LogP contribution is 2.41. The van der Waals surface area contributed by atoms with Gasteiger partial charge in [0.15, 0.2) is 0 Å². The van der Waals surface area contributed by atoms with Crippen LogP contribution in [0.1, 0.15) is 48.1 Å². The molecule has 1 amide bonds. The molecular weight excluding hydrogens is 378 g/mol. The second-order valence-electron chi connectivity index (χ2n) is 7.99. The Morgan fingerprint density at radius 3 is 2.50 bits per heavy atom. The van der Waals surface area contributed by atoms with Gasteiger partial charge in [-0.3, -0.25) is 9.59 Å². The van der Waals surface area contributed by atoms with Crippen molar-refractivity contribution < 1.29 is 19.4 Å². The van der Waals surface area contributed by atoms with Crippen molar-refractivity contribution >= 4 is 17.4 Å². The van der Waals surface area contributed by atoms with E-state index in [-0.39, 0.29) is 17.4 Å². The highest BCUT2D eigenvalue weighted by Gasteiger charge is 2.47. The molecule has 2 aromatic carbocycles. The van der Waals surface area contributed by atoms with Gasteiger partial charge in [-0.1, -0.05) is 55.5 Å². The molecule has 5 nitrogen and oxygen atoms in total. The third kappa shape index (κ3) is 3.65. The number of hydrogen-bond donors (Lipinski definition) is 1. The fraction of sp³-hybridized carbons (Fsp3) is 0.360. The number of amides is 1. The number of carbonyl (C=O) groups is 2. The van der Waals surface area contributed by atoms with Crippen LogP contribution in [0.15, 0.2) is 54.1 Å². The summed E-state index contributed by atoms with van der Waals surface area (Å²) in [7, 11) is 0. The summed E-state index contributed by atoms with van der Waals surface area (Å²) in [4.78, 5) is 27.7. The van der Waals surface area contributed by atoms with Crippen LogP contribution >= 0.6 is 0 Å². The number of carbonyl (C=O) groups excluding carboxylic acids is 2. The average Bonchev–Trinajstić information content (AvgIpc) is 3.36. The van der Waals surface area contributed by atoms with Gasteiger partial charge >= 0.3 is 0 Å². The predicted octanol–water partition coefficient (Wildman–Crippen LogP) is 4.16. The maximum atomic E-state index is 13.1. The van der Waals surface area contributed by atoms with Crippen LogP contribution in [0.4, 0.5) is 0 Å². The van der Waals surface area contributed by atoms with Crippen molar-refractivity contribution in [3.8, 4) is 0 Å². The van der Waals surface area contributed by atoms with E-state index in [4.69, 9.17) is 4.74 Å². The van der Waals surface area contributed by atoms with E-state index in [0.717, 1.165) is 36.0 Å². The standard InChI is InChI=1S/C25H27NO4/c1-3-17-10-12-18(13-11-17)23(27)21-22(20-9-5-4-7-16(20)2)26(25(29)24(21)28)15-19-8-6-14-30-19/h4-5,7,9-13,19,22,27H,3,6,8,14-15H2,1-2H3/b23-21-. The molecule has 0 saturated carbocycles. The maximum absolute atomic E-state index is 13.1. The van der Waals surface area contributed by atoms with Gasteiger partial charge in [-0.25, -0.2) is 0 Å². The first kappa shape index (κ1) is 20.4. The number of benzene rings is 2. The van der Waals surface area contributed by atoms with E-state index in [1.54, 1.807) is 17.0 Å². The van der Waals surface area contributed by atoms with Gasteiger partial charge in [0.1, 0.15) is 5.76 Å². The number of nitrogens with zero attached hydrogens (tertiary/aromatic N) is 1. The van der Waals surface area contributed by atoms with Crippen LogP contribution in [0.3, 0.4) is 0 Å². The van der Waals surface area contributed by atoms with Crippen LogP contribution in [0, 0.1) is 6.92 Å². The lowest BCUT2D eigenvalue weighted by Crippen LogP contribution is -2.36. The number of hydrogen-bond acceptors (Lipinski definition) is 4. The Hall–Kier alpha value is -2.92. The summed E-state index contributed by atoms with van der Waals surface area (Å²) < 4.78 is 5.74. The molecule has 0 radical (unpaired) electrons. The van der Waals surface area contributed by atoms with Crippen molar-refractivity contribution in [2.75, 3.05) is 13.2 Å². The van der Waals surface area contributed by atoms with E-state index in [1.807, 2.05) is 43.3 Å². The summed E-state index contributed by atoms with van der Waals surface area (Å²) in [5, 5.41) is 11.1. The zero-order chi connectivity index (χ0) is 21.3. The minimum atomic E-state index is -0.640. The first-order valence-electron chi connectivity index (χ1n) is 10.6. The van der Waals surface area contributed by atoms with Crippen LogP contribution in [-0.2, 0) is 20.7 Å². The quantitative estimate of drug-likeness (QED) is 0.461. The van der Waals surface area contributed by atoms with E-state index in [1.165, 1.54) is 0 Å². The smallest absolute Gasteiger partial charge is 0.295 e. The van der Waals surface area contributed by atoms with Crippen LogP contribution in [0.5, 0.6) is 0 Å². The zero-order valence-corrected chi connectivity index (χ0v) is 17.4.